The van der Waals surface area contributed by atoms with Crippen LogP contribution >= 0.6 is 0 Å². The summed E-state index contributed by atoms with van der Waals surface area (Å²) in [4.78, 5) is 0. The van der Waals surface area contributed by atoms with Crippen LogP contribution in [0, 0.1) is 5.92 Å². The van der Waals surface area contributed by atoms with Crippen LogP contribution in [0.2, 0.25) is 0 Å². The van der Waals surface area contributed by atoms with E-state index in [9.17, 15) is 0 Å². The Morgan fingerprint density at radius 1 is 1.67 bits per heavy atom. The summed E-state index contributed by atoms with van der Waals surface area (Å²) < 4.78 is 5.10. The topological polar surface area (TPSA) is 55.5 Å². The van der Waals surface area contributed by atoms with Crippen molar-refractivity contribution in [3.05, 3.63) is 0 Å². The van der Waals surface area contributed by atoms with Crippen LogP contribution in [0.15, 0.2) is 0 Å². The molecule has 1 saturated heterocycles. The number of hydrogen-bond donors (Lipinski definition) is 2. The van der Waals surface area contributed by atoms with Crippen LogP contribution in [-0.2, 0) is 4.74 Å². The second kappa shape index (κ2) is 3.15. The van der Waals surface area contributed by atoms with Crippen LogP contribution in [-0.4, -0.2) is 31.0 Å². The molecule has 0 spiro atoms. The van der Waals surface area contributed by atoms with E-state index in [2.05, 4.69) is 0 Å². The summed E-state index contributed by atoms with van der Waals surface area (Å²) >= 11 is 0. The van der Waals surface area contributed by atoms with Crippen LogP contribution in [0.4, 0.5) is 0 Å². The van der Waals surface area contributed by atoms with Gasteiger partial charge in [-0.1, -0.05) is 0 Å². The highest BCUT2D eigenvalue weighted by atomic mass is 16.5. The largest absolute Gasteiger partial charge is 0.396 e. The van der Waals surface area contributed by atoms with Crippen molar-refractivity contribution < 1.29 is 9.84 Å². The molecule has 0 saturated carbocycles. The Morgan fingerprint density at radius 2 is 2.44 bits per heavy atom. The summed E-state index contributed by atoms with van der Waals surface area (Å²) in [6, 6.07) is 0.142. The van der Waals surface area contributed by atoms with Crippen LogP contribution < -0.4 is 5.73 Å². The van der Waals surface area contributed by atoms with E-state index in [4.69, 9.17) is 15.6 Å². The second-order valence-corrected chi connectivity index (χ2v) is 2.47. The zero-order valence-electron chi connectivity index (χ0n) is 5.42. The Morgan fingerprint density at radius 3 is 2.89 bits per heavy atom. The average molecular weight is 131 g/mol. The minimum Gasteiger partial charge on any atom is -0.396 e. The summed E-state index contributed by atoms with van der Waals surface area (Å²) in [5.41, 5.74) is 5.65. The lowest BCUT2D eigenvalue weighted by Gasteiger charge is -2.26. The average Bonchev–Trinajstić information content (AvgIpc) is 1.89. The van der Waals surface area contributed by atoms with E-state index < -0.39 is 0 Å². The molecular formula is C6H13NO2. The van der Waals surface area contributed by atoms with E-state index in [-0.39, 0.29) is 18.6 Å². The second-order valence-electron chi connectivity index (χ2n) is 2.47. The minimum absolute atomic E-state index is 0.142. The molecule has 9 heavy (non-hydrogen) atoms. The van der Waals surface area contributed by atoms with Gasteiger partial charge in [-0.3, -0.25) is 0 Å². The Labute approximate surface area is 54.8 Å². The summed E-state index contributed by atoms with van der Waals surface area (Å²) in [6.45, 7) is 1.52. The minimum atomic E-state index is 0.142. The van der Waals surface area contributed by atoms with Gasteiger partial charge >= 0.3 is 0 Å². The molecular weight excluding hydrogens is 118 g/mol. The molecule has 1 rings (SSSR count). The molecule has 1 fully saturated rings. The van der Waals surface area contributed by atoms with Crippen molar-refractivity contribution in [1.29, 1.82) is 0 Å². The monoisotopic (exact) mass is 131 g/mol. The maximum absolute atomic E-state index is 8.70. The van der Waals surface area contributed by atoms with E-state index in [0.717, 1.165) is 13.0 Å². The predicted octanol–water partition coefficient (Wildman–Crippen LogP) is -0.658. The van der Waals surface area contributed by atoms with E-state index in [1.807, 2.05) is 0 Å². The van der Waals surface area contributed by atoms with E-state index >= 15 is 0 Å². The zero-order chi connectivity index (χ0) is 6.69. The number of rotatable bonds is 1. The lowest BCUT2D eigenvalue weighted by molar-refractivity contribution is 0.0179. The maximum atomic E-state index is 8.70. The molecule has 0 aromatic rings. The molecule has 0 radical (unpaired) electrons. The summed E-state index contributed by atoms with van der Waals surface area (Å²) in [5, 5.41) is 8.70. The first kappa shape index (κ1) is 6.99. The quantitative estimate of drug-likeness (QED) is 0.497. The number of aliphatic hydroxyl groups is 1. The van der Waals surface area contributed by atoms with Crippen molar-refractivity contribution in [2.45, 2.75) is 12.5 Å². The van der Waals surface area contributed by atoms with Crippen molar-refractivity contribution in [2.75, 3.05) is 19.8 Å². The van der Waals surface area contributed by atoms with Gasteiger partial charge in [-0.05, 0) is 6.42 Å². The van der Waals surface area contributed by atoms with E-state index in [1.54, 1.807) is 0 Å². The fraction of sp³-hybridized carbons (Fsp3) is 1.00. The fourth-order valence-electron chi connectivity index (χ4n) is 1.00. The van der Waals surface area contributed by atoms with Crippen molar-refractivity contribution in [3.63, 3.8) is 0 Å². The van der Waals surface area contributed by atoms with Gasteiger partial charge in [0.15, 0.2) is 0 Å². The molecule has 0 aromatic heterocycles. The molecule has 1 aliphatic heterocycles. The number of nitrogens with two attached hydrogens (primary N) is 1. The highest BCUT2D eigenvalue weighted by Gasteiger charge is 2.20. The number of hydrogen-bond acceptors (Lipinski definition) is 3. The first-order valence-corrected chi connectivity index (χ1v) is 3.28. The van der Waals surface area contributed by atoms with Gasteiger partial charge in [0.25, 0.3) is 0 Å². The Hall–Kier alpha value is -0.120. The van der Waals surface area contributed by atoms with Gasteiger partial charge in [0.1, 0.15) is 0 Å². The summed E-state index contributed by atoms with van der Waals surface area (Å²) in [6.07, 6.45) is 0.880. The standard InChI is InChI=1S/C6H13NO2/c7-6-1-2-9-4-5(6)3-8/h5-6,8H,1-4,7H2/t5-,6+/m0/s1. The third-order valence-corrected chi connectivity index (χ3v) is 1.77. The van der Waals surface area contributed by atoms with Crippen LogP contribution in [0.1, 0.15) is 6.42 Å². The molecule has 1 heterocycles. The smallest absolute Gasteiger partial charge is 0.0531 e. The highest BCUT2D eigenvalue weighted by molar-refractivity contribution is 4.74. The SMILES string of the molecule is N[C@@H]1CCOC[C@@H]1CO. The fourth-order valence-corrected chi connectivity index (χ4v) is 1.00. The molecule has 3 nitrogen and oxygen atoms in total. The Kier molecular flexibility index (Phi) is 2.45. The van der Waals surface area contributed by atoms with Crippen LogP contribution in [0.25, 0.3) is 0 Å². The van der Waals surface area contributed by atoms with Crippen LogP contribution in [0.5, 0.6) is 0 Å². The molecule has 0 amide bonds. The molecule has 3 heteroatoms. The molecule has 54 valence electrons. The van der Waals surface area contributed by atoms with Gasteiger partial charge in [0.2, 0.25) is 0 Å². The van der Waals surface area contributed by atoms with Crippen molar-refractivity contribution in [2.24, 2.45) is 11.7 Å². The third kappa shape index (κ3) is 1.64. The van der Waals surface area contributed by atoms with Crippen molar-refractivity contribution in [3.8, 4) is 0 Å². The Balaban J connectivity index is 2.30. The summed E-state index contributed by atoms with van der Waals surface area (Å²) in [5.74, 6) is 0.166. The van der Waals surface area contributed by atoms with Gasteiger partial charge in [-0.25, -0.2) is 0 Å². The van der Waals surface area contributed by atoms with Gasteiger partial charge in [0.05, 0.1) is 6.61 Å². The molecule has 3 N–H and O–H groups in total. The van der Waals surface area contributed by atoms with Gasteiger partial charge in [-0.15, -0.1) is 0 Å². The van der Waals surface area contributed by atoms with E-state index in [1.165, 1.54) is 0 Å². The Bertz CT molecular complexity index is 87.1. The van der Waals surface area contributed by atoms with Crippen molar-refractivity contribution in [1.82, 2.24) is 0 Å². The first-order valence-electron chi connectivity index (χ1n) is 3.28. The van der Waals surface area contributed by atoms with Crippen molar-refractivity contribution >= 4 is 0 Å². The first-order chi connectivity index (χ1) is 4.34. The highest BCUT2D eigenvalue weighted by Crippen LogP contribution is 2.10. The molecule has 0 aliphatic carbocycles. The molecule has 0 bridgehead atoms. The normalized spacial score (nSPS) is 36.7. The maximum Gasteiger partial charge on any atom is 0.0531 e. The molecule has 1 aliphatic rings. The number of aliphatic hydroxyl groups excluding tert-OH is 1. The zero-order valence-corrected chi connectivity index (χ0v) is 5.42. The van der Waals surface area contributed by atoms with Crippen LogP contribution in [0.3, 0.4) is 0 Å². The summed E-state index contributed by atoms with van der Waals surface area (Å²) in [7, 11) is 0. The van der Waals surface area contributed by atoms with Gasteiger partial charge < -0.3 is 15.6 Å². The third-order valence-electron chi connectivity index (χ3n) is 1.77. The molecule has 0 unspecified atom stereocenters. The van der Waals surface area contributed by atoms with Gasteiger partial charge in [-0.2, -0.15) is 0 Å². The molecule has 0 aromatic carbocycles. The van der Waals surface area contributed by atoms with E-state index in [0.29, 0.717) is 6.61 Å². The lowest BCUT2D eigenvalue weighted by Crippen LogP contribution is -2.40. The molecule has 2 atom stereocenters. The van der Waals surface area contributed by atoms with Gasteiger partial charge in [0, 0.05) is 25.2 Å². The number of ether oxygens (including phenoxy) is 1. The predicted molar refractivity (Wildman–Crippen MR) is 34.0 cm³/mol. The lowest BCUT2D eigenvalue weighted by atomic mass is 9.98.